The van der Waals surface area contributed by atoms with Gasteiger partial charge in [0, 0.05) is 0 Å². The van der Waals surface area contributed by atoms with Crippen LogP contribution in [0.1, 0.15) is 1.43 Å². The third-order valence-corrected chi connectivity index (χ3v) is 0.632. The molecule has 0 aromatic rings. The molecule has 6 heteroatoms. The summed E-state index contributed by atoms with van der Waals surface area (Å²) in [5.41, 5.74) is 0. The minimum Gasteiger partial charge on any atom is -1.00 e. The van der Waals surface area contributed by atoms with Crippen LogP contribution in [0.2, 0.25) is 0 Å². The first-order chi connectivity index (χ1) is 2.27. The summed E-state index contributed by atoms with van der Waals surface area (Å²) in [6.07, 6.45) is 0. The number of hydrogen-bond acceptors (Lipinski definition) is 3. The molecule has 0 fully saturated rings. The molecule has 32 valence electrons. The van der Waals surface area contributed by atoms with Gasteiger partial charge in [0.2, 0.25) is 0 Å². The van der Waals surface area contributed by atoms with Gasteiger partial charge in [-0.3, -0.25) is 0 Å². The van der Waals surface area contributed by atoms with Crippen molar-refractivity contribution in [2.45, 2.75) is 0 Å². The second kappa shape index (κ2) is 5.76. The summed E-state index contributed by atoms with van der Waals surface area (Å²) in [5, 5.41) is 15.5. The summed E-state index contributed by atoms with van der Waals surface area (Å²) >= 11 is 0. The van der Waals surface area contributed by atoms with Crippen molar-refractivity contribution >= 4 is 17.8 Å². The predicted molar refractivity (Wildman–Crippen MR) is 22.3 cm³/mol. The topological polar surface area (TPSA) is 49.7 Å². The zero-order valence-electron chi connectivity index (χ0n) is 4.88. The van der Waals surface area contributed by atoms with Gasteiger partial charge in [-0.15, -0.1) is 0 Å². The smallest absolute Gasteiger partial charge is 1.00 e. The molecular formula is H6BLiO3Si. The maximum Gasteiger partial charge on any atom is 1.00 e. The van der Waals surface area contributed by atoms with Crippen molar-refractivity contribution < 1.29 is 34.7 Å². The molecule has 0 spiro atoms. The standard InChI is InChI=1S/BH5O3Si.Li.H/c2-1(3)4-5;;/h2-3H,5H3;;/q;+1;-1. The van der Waals surface area contributed by atoms with Gasteiger partial charge in [0.1, 0.15) is 10.5 Å². The Hall–Kier alpha value is 0.759. The van der Waals surface area contributed by atoms with E-state index in [1.165, 1.54) is 0 Å². The molecule has 0 atom stereocenters. The van der Waals surface area contributed by atoms with Crippen LogP contribution < -0.4 is 18.9 Å². The summed E-state index contributed by atoms with van der Waals surface area (Å²) in [6, 6.07) is 0. The molecule has 3 nitrogen and oxygen atoms in total. The van der Waals surface area contributed by atoms with Crippen molar-refractivity contribution in [3.63, 3.8) is 0 Å². The van der Waals surface area contributed by atoms with E-state index in [2.05, 4.69) is 4.34 Å². The van der Waals surface area contributed by atoms with E-state index in [0.29, 0.717) is 10.5 Å². The summed E-state index contributed by atoms with van der Waals surface area (Å²) in [4.78, 5) is 0. The first-order valence-corrected chi connectivity index (χ1v) is 1.98. The molecule has 0 aliphatic carbocycles. The molecule has 2 N–H and O–H groups in total. The van der Waals surface area contributed by atoms with E-state index in [4.69, 9.17) is 10.0 Å². The molecule has 0 unspecified atom stereocenters. The molecule has 0 aromatic heterocycles. The van der Waals surface area contributed by atoms with Gasteiger partial charge in [-0.2, -0.15) is 0 Å². The van der Waals surface area contributed by atoms with Gasteiger partial charge in [0.05, 0.1) is 0 Å². The molecule has 0 heterocycles. The second-order valence-electron chi connectivity index (χ2n) is 0.562. The van der Waals surface area contributed by atoms with E-state index in [0.717, 1.165) is 0 Å². The molecule has 0 saturated heterocycles. The van der Waals surface area contributed by atoms with Crippen LogP contribution in [0.15, 0.2) is 0 Å². The quantitative estimate of drug-likeness (QED) is 0.323. The minimum atomic E-state index is -1.55. The Morgan fingerprint density at radius 2 is 1.83 bits per heavy atom. The molecule has 0 aliphatic heterocycles. The van der Waals surface area contributed by atoms with Crippen molar-refractivity contribution in [3.8, 4) is 0 Å². The van der Waals surface area contributed by atoms with Crippen LogP contribution in [-0.2, 0) is 4.34 Å². The average molecular weight is 99.9 g/mol. The molecular weight excluding hydrogens is 93.8 g/mol. The Morgan fingerprint density at radius 1 is 1.67 bits per heavy atom. The molecule has 0 rings (SSSR count). The second-order valence-corrected chi connectivity index (χ2v) is 1.03. The zero-order valence-corrected chi connectivity index (χ0v) is 5.88. The monoisotopic (exact) mass is 100 g/mol. The van der Waals surface area contributed by atoms with Gasteiger partial charge in [0.25, 0.3) is 0 Å². The van der Waals surface area contributed by atoms with E-state index in [-0.39, 0.29) is 20.3 Å². The third kappa shape index (κ3) is 8.83. The van der Waals surface area contributed by atoms with Crippen molar-refractivity contribution in [1.29, 1.82) is 0 Å². The number of rotatable bonds is 1. The minimum absolute atomic E-state index is 0. The van der Waals surface area contributed by atoms with Gasteiger partial charge in [-0.25, -0.2) is 0 Å². The summed E-state index contributed by atoms with van der Waals surface area (Å²) in [7, 11) is -1.18. The largest absolute Gasteiger partial charge is 1.00 e. The first-order valence-electron chi connectivity index (χ1n) is 1.16. The van der Waals surface area contributed by atoms with E-state index in [1.807, 2.05) is 0 Å². The Balaban J connectivity index is -0.0000000800. The Bertz CT molecular complexity index is 28.9. The molecule has 0 aliphatic rings. The van der Waals surface area contributed by atoms with Crippen LogP contribution >= 0.6 is 0 Å². The van der Waals surface area contributed by atoms with E-state index in [9.17, 15) is 0 Å². The maximum atomic E-state index is 7.73. The van der Waals surface area contributed by atoms with Crippen LogP contribution in [0.5, 0.6) is 0 Å². The van der Waals surface area contributed by atoms with Crippen LogP contribution in [0.25, 0.3) is 0 Å². The molecule has 0 saturated carbocycles. The predicted octanol–water partition coefficient (Wildman–Crippen LogP) is -5.63. The SMILES string of the molecule is OB(O)O[SiH3].[H-].[Li+]. The van der Waals surface area contributed by atoms with Crippen LogP contribution in [-0.4, -0.2) is 27.9 Å². The fraction of sp³-hybridized carbons (Fsp3) is 0. The first kappa shape index (κ1) is 9.90. The molecule has 0 aromatic carbocycles. The number of hydrogen-bond donors (Lipinski definition) is 2. The van der Waals surface area contributed by atoms with Crippen molar-refractivity contribution in [3.05, 3.63) is 0 Å². The van der Waals surface area contributed by atoms with Crippen molar-refractivity contribution in [2.24, 2.45) is 0 Å². The fourth-order valence-corrected chi connectivity index (χ4v) is 0. The Labute approximate surface area is 53.1 Å². The summed E-state index contributed by atoms with van der Waals surface area (Å²) < 4.78 is 4.00. The third-order valence-electron chi connectivity index (χ3n) is 0.211. The van der Waals surface area contributed by atoms with Gasteiger partial charge in [0.15, 0.2) is 0 Å². The van der Waals surface area contributed by atoms with Crippen molar-refractivity contribution in [1.82, 2.24) is 0 Å². The summed E-state index contributed by atoms with van der Waals surface area (Å²) in [6.45, 7) is 0. The normalized spacial score (nSPS) is 7.00. The Morgan fingerprint density at radius 3 is 1.83 bits per heavy atom. The maximum absolute atomic E-state index is 7.73. The molecule has 6 heavy (non-hydrogen) atoms. The zero-order chi connectivity index (χ0) is 4.28. The van der Waals surface area contributed by atoms with Gasteiger partial charge < -0.3 is 15.8 Å². The molecule has 0 radical (unpaired) electrons. The van der Waals surface area contributed by atoms with E-state index in [1.54, 1.807) is 0 Å². The van der Waals surface area contributed by atoms with Gasteiger partial charge in [-0.1, -0.05) is 0 Å². The fourth-order valence-electron chi connectivity index (χ4n) is 0. The van der Waals surface area contributed by atoms with E-state index >= 15 is 0 Å². The Kier molecular flexibility index (Phi) is 9.50. The van der Waals surface area contributed by atoms with Gasteiger partial charge in [-0.05, 0) is 0 Å². The molecule has 0 amide bonds. The average Bonchev–Trinajstić information content (AvgIpc) is 1.38. The molecule has 0 bridgehead atoms. The van der Waals surface area contributed by atoms with Crippen LogP contribution in [0.3, 0.4) is 0 Å². The van der Waals surface area contributed by atoms with Crippen LogP contribution in [0, 0.1) is 0 Å². The van der Waals surface area contributed by atoms with Gasteiger partial charge >= 0.3 is 26.2 Å². The summed E-state index contributed by atoms with van der Waals surface area (Å²) in [5.74, 6) is 0. The van der Waals surface area contributed by atoms with Crippen molar-refractivity contribution in [2.75, 3.05) is 0 Å². The van der Waals surface area contributed by atoms with E-state index < -0.39 is 7.32 Å². The van der Waals surface area contributed by atoms with Crippen LogP contribution in [0.4, 0.5) is 0 Å².